The van der Waals surface area contributed by atoms with Gasteiger partial charge in [-0.1, -0.05) is 36.4 Å². The van der Waals surface area contributed by atoms with E-state index < -0.39 is 0 Å². The number of benzene rings is 2. The van der Waals surface area contributed by atoms with Crippen LogP contribution in [0.4, 0.5) is 0 Å². The third-order valence-corrected chi connectivity index (χ3v) is 9.80. The van der Waals surface area contributed by atoms with E-state index in [0.717, 1.165) is 61.8 Å². The van der Waals surface area contributed by atoms with Gasteiger partial charge in [0.15, 0.2) is 5.76 Å². The Kier molecular flexibility index (Phi) is 6.59. The molecule has 4 heteroatoms. The molecular formula is C33H37NO3. The molecule has 0 spiro atoms. The Labute approximate surface area is 220 Å². The van der Waals surface area contributed by atoms with Crippen molar-refractivity contribution in [3.8, 4) is 28.9 Å². The monoisotopic (exact) mass is 495 g/mol. The summed E-state index contributed by atoms with van der Waals surface area (Å²) in [6.45, 7) is 2.35. The smallest absolute Gasteiger partial charge is 0.166 e. The lowest BCUT2D eigenvalue weighted by Gasteiger charge is -2.53. The Morgan fingerprint density at radius 3 is 2.73 bits per heavy atom. The minimum Gasteiger partial charge on any atom is -0.508 e. The molecule has 6 atom stereocenters. The summed E-state index contributed by atoms with van der Waals surface area (Å²) in [5, 5.41) is 24.8. The van der Waals surface area contributed by atoms with Gasteiger partial charge < -0.3 is 14.7 Å². The van der Waals surface area contributed by atoms with Crippen molar-refractivity contribution in [3.05, 3.63) is 71.4 Å². The number of phenolic OH excluding ortho intramolecular Hbond substituents is 1. The van der Waals surface area contributed by atoms with Crippen LogP contribution in [0.15, 0.2) is 59.3 Å². The van der Waals surface area contributed by atoms with Gasteiger partial charge in [-0.15, -0.1) is 0 Å². The molecule has 2 N–H and O–H groups in total. The lowest BCUT2D eigenvalue weighted by Crippen LogP contribution is -2.47. The summed E-state index contributed by atoms with van der Waals surface area (Å²) < 4.78 is 5.22. The summed E-state index contributed by atoms with van der Waals surface area (Å²) in [6, 6.07) is 16.0. The van der Waals surface area contributed by atoms with Crippen molar-refractivity contribution in [1.82, 2.24) is 5.16 Å². The Hall–Kier alpha value is -3.03. The molecule has 6 rings (SSSR count). The van der Waals surface area contributed by atoms with Crippen LogP contribution in [-0.4, -0.2) is 21.5 Å². The number of phenols is 1. The van der Waals surface area contributed by atoms with Gasteiger partial charge in [0, 0.05) is 23.6 Å². The summed E-state index contributed by atoms with van der Waals surface area (Å²) in [4.78, 5) is 0. The zero-order valence-corrected chi connectivity index (χ0v) is 21.7. The number of aliphatic hydroxyl groups excluding tert-OH is 1. The highest BCUT2D eigenvalue weighted by Crippen LogP contribution is 2.62. The highest BCUT2D eigenvalue weighted by Gasteiger charge is 2.56. The normalized spacial score (nSPS) is 30.1. The van der Waals surface area contributed by atoms with E-state index >= 15 is 0 Å². The molecule has 2 saturated carbocycles. The summed E-state index contributed by atoms with van der Waals surface area (Å²) in [5.74, 6) is 10.3. The molecule has 0 unspecified atom stereocenters. The van der Waals surface area contributed by atoms with Crippen LogP contribution in [0.2, 0.25) is 0 Å². The predicted octanol–water partition coefficient (Wildman–Crippen LogP) is 7.10. The van der Waals surface area contributed by atoms with E-state index in [1.165, 1.54) is 24.0 Å². The second-order valence-electron chi connectivity index (χ2n) is 11.8. The molecule has 37 heavy (non-hydrogen) atoms. The Bertz CT molecular complexity index is 1290. The first-order valence-electron chi connectivity index (χ1n) is 14.0. The fourth-order valence-corrected chi connectivity index (χ4v) is 7.90. The van der Waals surface area contributed by atoms with Crippen LogP contribution in [0, 0.1) is 35.0 Å². The summed E-state index contributed by atoms with van der Waals surface area (Å²) >= 11 is 0. The van der Waals surface area contributed by atoms with E-state index in [4.69, 9.17) is 4.52 Å². The van der Waals surface area contributed by atoms with Crippen LogP contribution in [-0.2, 0) is 6.42 Å². The molecule has 2 fully saturated rings. The van der Waals surface area contributed by atoms with Crippen molar-refractivity contribution in [1.29, 1.82) is 0 Å². The maximum absolute atomic E-state index is 10.9. The predicted molar refractivity (Wildman–Crippen MR) is 145 cm³/mol. The van der Waals surface area contributed by atoms with E-state index in [0.29, 0.717) is 29.4 Å². The standard InChI is InChI=1S/C33H37NO3/c1-33-18-16-28-27-13-12-26(35)21-25(27)20-24(32(28)29(33)14-15-31(33)36)7-5-3-2-4-6-22-8-10-23(11-9-22)30-17-19-34-37-30/h8-13,17,19,21,24,28-29,31-32,35-36H,2-3,5,7,14-16,18,20H2,1H3/t24-,28-,29+,31+,32-,33+/m1/s1. The van der Waals surface area contributed by atoms with Crippen molar-refractivity contribution >= 4 is 0 Å². The number of rotatable bonds is 5. The highest BCUT2D eigenvalue weighted by atomic mass is 16.5. The second kappa shape index (κ2) is 10.0. The van der Waals surface area contributed by atoms with Gasteiger partial charge in [0.2, 0.25) is 0 Å². The Balaban J connectivity index is 1.10. The number of unbranched alkanes of at least 4 members (excludes halogenated alkanes) is 2. The third-order valence-electron chi connectivity index (χ3n) is 9.80. The van der Waals surface area contributed by atoms with E-state index in [9.17, 15) is 10.2 Å². The summed E-state index contributed by atoms with van der Waals surface area (Å²) in [5.41, 5.74) is 4.92. The zero-order valence-electron chi connectivity index (χ0n) is 21.7. The lowest BCUT2D eigenvalue weighted by atomic mass is 9.52. The van der Waals surface area contributed by atoms with Crippen LogP contribution < -0.4 is 0 Å². The van der Waals surface area contributed by atoms with Crippen LogP contribution in [0.5, 0.6) is 5.75 Å². The number of hydrogen-bond acceptors (Lipinski definition) is 4. The lowest BCUT2D eigenvalue weighted by molar-refractivity contribution is -0.0396. The molecule has 1 heterocycles. The van der Waals surface area contributed by atoms with Crippen LogP contribution in [0.25, 0.3) is 11.3 Å². The highest BCUT2D eigenvalue weighted by molar-refractivity contribution is 5.58. The molecule has 0 amide bonds. The third kappa shape index (κ3) is 4.59. The largest absolute Gasteiger partial charge is 0.508 e. The number of fused-ring (bicyclic) bond motifs is 5. The van der Waals surface area contributed by atoms with Gasteiger partial charge in [0.05, 0.1) is 12.3 Å². The molecule has 2 aromatic carbocycles. The summed E-state index contributed by atoms with van der Waals surface area (Å²) in [7, 11) is 0. The quantitative estimate of drug-likeness (QED) is 0.293. The van der Waals surface area contributed by atoms with Crippen LogP contribution in [0.3, 0.4) is 0 Å². The SMILES string of the molecule is C[C@]12CC[C@@H]3c4ccc(O)cc4C[C@@H](CCCCC#Cc4ccc(-c5ccno5)cc4)[C@H]3[C@@H]1CC[C@@H]2O. The molecule has 4 nitrogen and oxygen atoms in total. The minimum atomic E-state index is -0.152. The first-order valence-corrected chi connectivity index (χ1v) is 14.0. The van der Waals surface area contributed by atoms with Gasteiger partial charge >= 0.3 is 0 Å². The van der Waals surface area contributed by atoms with Crippen molar-refractivity contribution in [2.75, 3.05) is 0 Å². The van der Waals surface area contributed by atoms with Gasteiger partial charge in [0.25, 0.3) is 0 Å². The van der Waals surface area contributed by atoms with Crippen molar-refractivity contribution < 1.29 is 14.7 Å². The number of aromatic hydroxyl groups is 1. The molecule has 3 aromatic rings. The topological polar surface area (TPSA) is 66.5 Å². The summed E-state index contributed by atoms with van der Waals surface area (Å²) in [6.07, 6.45) is 11.3. The number of aliphatic hydroxyl groups is 1. The van der Waals surface area contributed by atoms with Gasteiger partial charge in [-0.2, -0.15) is 0 Å². The van der Waals surface area contributed by atoms with Crippen LogP contribution in [0.1, 0.15) is 80.9 Å². The van der Waals surface area contributed by atoms with Gasteiger partial charge in [-0.3, -0.25) is 0 Å². The first kappa shape index (κ1) is 24.3. The molecule has 0 saturated heterocycles. The van der Waals surface area contributed by atoms with E-state index in [1.54, 1.807) is 6.20 Å². The van der Waals surface area contributed by atoms with Crippen molar-refractivity contribution in [2.45, 2.75) is 76.7 Å². The van der Waals surface area contributed by atoms with E-state index in [-0.39, 0.29) is 11.5 Å². The molecule has 3 aliphatic rings. The van der Waals surface area contributed by atoms with Gasteiger partial charge in [-0.05, 0) is 122 Å². The van der Waals surface area contributed by atoms with E-state index in [2.05, 4.69) is 30.0 Å². The molecule has 3 aliphatic carbocycles. The molecule has 1 aromatic heterocycles. The molecular weight excluding hydrogens is 458 g/mol. The minimum absolute atomic E-state index is 0.0717. The maximum Gasteiger partial charge on any atom is 0.166 e. The number of hydrogen-bond donors (Lipinski definition) is 2. The molecule has 0 radical (unpaired) electrons. The Morgan fingerprint density at radius 2 is 1.92 bits per heavy atom. The fraction of sp³-hybridized carbons (Fsp3) is 0.485. The number of aromatic nitrogens is 1. The van der Waals surface area contributed by atoms with Gasteiger partial charge in [0.1, 0.15) is 5.75 Å². The van der Waals surface area contributed by atoms with E-state index in [1.807, 2.05) is 42.5 Å². The Morgan fingerprint density at radius 1 is 1.05 bits per heavy atom. The number of nitrogens with zero attached hydrogens (tertiary/aromatic N) is 1. The van der Waals surface area contributed by atoms with Crippen molar-refractivity contribution in [3.63, 3.8) is 0 Å². The first-order chi connectivity index (χ1) is 18.0. The second-order valence-corrected chi connectivity index (χ2v) is 11.8. The average molecular weight is 496 g/mol. The average Bonchev–Trinajstić information content (AvgIpc) is 3.54. The zero-order chi connectivity index (χ0) is 25.4. The maximum atomic E-state index is 10.9. The fourth-order valence-electron chi connectivity index (χ4n) is 7.90. The van der Waals surface area contributed by atoms with Crippen LogP contribution >= 0.6 is 0 Å². The van der Waals surface area contributed by atoms with Gasteiger partial charge in [-0.25, -0.2) is 0 Å². The van der Waals surface area contributed by atoms with Crippen molar-refractivity contribution in [2.24, 2.45) is 23.2 Å². The molecule has 192 valence electrons. The molecule has 0 bridgehead atoms. The molecule has 0 aliphatic heterocycles.